The maximum Gasteiger partial charge on any atom is 0.167 e. The largest absolute Gasteiger partial charge is 0.299 e. The van der Waals surface area contributed by atoms with Crippen LogP contribution in [0.1, 0.15) is 52.7 Å². The van der Waals surface area contributed by atoms with Crippen molar-refractivity contribution in [3.63, 3.8) is 0 Å². The van der Waals surface area contributed by atoms with Crippen LogP contribution in [0.15, 0.2) is 77.4 Å². The molecule has 2 heteroatoms. The van der Waals surface area contributed by atoms with Crippen LogP contribution in [0.5, 0.6) is 0 Å². The highest BCUT2D eigenvalue weighted by Crippen LogP contribution is 2.36. The lowest BCUT2D eigenvalue weighted by Gasteiger charge is -2.15. The molecule has 1 aliphatic heterocycles. The number of likely N-dealkylation sites (tertiary alicyclic amines) is 1. The number of hydrogen-bond donors (Lipinski definition) is 0. The molecule has 0 unspecified atom stereocenters. The maximum atomic E-state index is 13.1. The number of Topliss-reactive ketones (excluding diaryl/α,β-unsaturated/α-hetero) is 1. The summed E-state index contributed by atoms with van der Waals surface area (Å²) in [7, 11) is 0. The zero-order valence-electron chi connectivity index (χ0n) is 16.9. The third kappa shape index (κ3) is 3.90. The molecule has 0 aromatic heterocycles. The summed E-state index contributed by atoms with van der Waals surface area (Å²) >= 11 is 0. The predicted molar refractivity (Wildman–Crippen MR) is 119 cm³/mol. The Morgan fingerprint density at radius 1 is 0.966 bits per heavy atom. The Labute approximate surface area is 173 Å². The van der Waals surface area contributed by atoms with Crippen LogP contribution in [0.25, 0.3) is 6.08 Å². The van der Waals surface area contributed by atoms with E-state index in [2.05, 4.69) is 59.5 Å². The van der Waals surface area contributed by atoms with Crippen molar-refractivity contribution < 1.29 is 4.79 Å². The van der Waals surface area contributed by atoms with Crippen molar-refractivity contribution in [2.75, 3.05) is 13.1 Å². The van der Waals surface area contributed by atoms with Gasteiger partial charge in [-0.3, -0.25) is 9.69 Å². The Morgan fingerprint density at radius 2 is 1.83 bits per heavy atom. The summed E-state index contributed by atoms with van der Waals surface area (Å²) < 4.78 is 0. The molecule has 0 atom stereocenters. The van der Waals surface area contributed by atoms with Gasteiger partial charge in [0.2, 0.25) is 0 Å². The molecule has 2 nitrogen and oxygen atoms in total. The first-order chi connectivity index (χ1) is 14.3. The summed E-state index contributed by atoms with van der Waals surface area (Å²) in [5.41, 5.74) is 8.62. The van der Waals surface area contributed by atoms with Crippen molar-refractivity contribution in [3.8, 4) is 0 Å². The highest BCUT2D eigenvalue weighted by atomic mass is 16.1. The van der Waals surface area contributed by atoms with Gasteiger partial charge in [-0.1, -0.05) is 60.7 Å². The van der Waals surface area contributed by atoms with Gasteiger partial charge in [0.1, 0.15) is 0 Å². The quantitative estimate of drug-likeness (QED) is 0.594. The van der Waals surface area contributed by atoms with Crippen LogP contribution in [-0.4, -0.2) is 23.8 Å². The van der Waals surface area contributed by atoms with Crippen molar-refractivity contribution in [1.29, 1.82) is 0 Å². The van der Waals surface area contributed by atoms with E-state index in [9.17, 15) is 4.79 Å². The summed E-state index contributed by atoms with van der Waals surface area (Å²) in [6.45, 7) is 3.31. The fourth-order valence-corrected chi connectivity index (χ4v) is 4.83. The van der Waals surface area contributed by atoms with Crippen LogP contribution in [-0.2, 0) is 13.0 Å². The normalized spacial score (nSPS) is 18.4. The van der Waals surface area contributed by atoms with Crippen molar-refractivity contribution in [1.82, 2.24) is 4.90 Å². The van der Waals surface area contributed by atoms with Gasteiger partial charge in [0, 0.05) is 18.5 Å². The van der Waals surface area contributed by atoms with Crippen LogP contribution in [0, 0.1) is 0 Å². The minimum absolute atomic E-state index is 0.225. The number of benzene rings is 2. The second-order valence-electron chi connectivity index (χ2n) is 8.41. The van der Waals surface area contributed by atoms with Gasteiger partial charge in [0.25, 0.3) is 0 Å². The first-order valence-electron chi connectivity index (χ1n) is 10.8. The summed E-state index contributed by atoms with van der Waals surface area (Å²) in [6.07, 6.45) is 11.8. The number of fused-ring (bicyclic) bond motifs is 1. The zero-order valence-corrected chi connectivity index (χ0v) is 16.9. The van der Waals surface area contributed by atoms with E-state index in [1.165, 1.54) is 59.3 Å². The summed E-state index contributed by atoms with van der Waals surface area (Å²) in [5.74, 6) is 0.225. The van der Waals surface area contributed by atoms with E-state index in [4.69, 9.17) is 0 Å². The van der Waals surface area contributed by atoms with Crippen molar-refractivity contribution in [2.24, 2.45) is 0 Å². The van der Waals surface area contributed by atoms with E-state index in [0.717, 1.165) is 24.9 Å². The Kier molecular flexibility index (Phi) is 5.03. The van der Waals surface area contributed by atoms with Gasteiger partial charge in [-0.25, -0.2) is 0 Å². The molecule has 5 rings (SSSR count). The lowest BCUT2D eigenvalue weighted by molar-refractivity contribution is 0.0993. The molecule has 29 heavy (non-hydrogen) atoms. The molecule has 1 heterocycles. The first-order valence-corrected chi connectivity index (χ1v) is 10.8. The number of ketones is 1. The topological polar surface area (TPSA) is 20.3 Å². The zero-order chi connectivity index (χ0) is 19.6. The molecule has 0 bridgehead atoms. The Hall–Kier alpha value is -2.71. The van der Waals surface area contributed by atoms with Crippen LogP contribution in [0.3, 0.4) is 0 Å². The SMILES string of the molecule is O=C(CC1=CCC=C1C1=Cc2ccccc2C1)c1cccc(CN2CCCC2)c1. The second-order valence-corrected chi connectivity index (χ2v) is 8.41. The molecule has 0 radical (unpaired) electrons. The van der Waals surface area contributed by atoms with Gasteiger partial charge in [-0.15, -0.1) is 0 Å². The fourth-order valence-electron chi connectivity index (χ4n) is 4.83. The van der Waals surface area contributed by atoms with Gasteiger partial charge in [0.05, 0.1) is 0 Å². The molecule has 0 amide bonds. The van der Waals surface area contributed by atoms with E-state index >= 15 is 0 Å². The van der Waals surface area contributed by atoms with Crippen LogP contribution >= 0.6 is 0 Å². The van der Waals surface area contributed by atoms with Gasteiger partial charge < -0.3 is 0 Å². The number of carbonyl (C=O) groups is 1. The molecule has 1 saturated heterocycles. The van der Waals surface area contributed by atoms with Crippen molar-refractivity contribution in [3.05, 3.63) is 99.7 Å². The molecule has 0 spiro atoms. The molecule has 0 saturated carbocycles. The smallest absolute Gasteiger partial charge is 0.167 e. The fraction of sp³-hybridized carbons (Fsp3) is 0.296. The monoisotopic (exact) mass is 381 g/mol. The molecular formula is C27H27NO. The third-order valence-corrected chi connectivity index (χ3v) is 6.35. The van der Waals surface area contributed by atoms with Gasteiger partial charge in [-0.05, 0) is 78.2 Å². The number of nitrogens with zero attached hydrogens (tertiary/aromatic N) is 1. The average molecular weight is 382 g/mol. The van der Waals surface area contributed by atoms with E-state index < -0.39 is 0 Å². The van der Waals surface area contributed by atoms with Gasteiger partial charge >= 0.3 is 0 Å². The van der Waals surface area contributed by atoms with Crippen LogP contribution in [0.4, 0.5) is 0 Å². The minimum atomic E-state index is 0.225. The standard InChI is InChI=1S/C27H27NO/c29-27(24-11-5-7-20(15-24)19-28-13-3-4-14-28)18-23-10-6-12-26(23)25-16-21-8-1-2-9-22(21)17-25/h1-2,5,7-12,15-16H,3-4,6,13-14,17-19H2. The summed E-state index contributed by atoms with van der Waals surface area (Å²) in [6, 6.07) is 16.8. The van der Waals surface area contributed by atoms with Crippen LogP contribution in [0.2, 0.25) is 0 Å². The molecular weight excluding hydrogens is 354 g/mol. The number of rotatable bonds is 6. The second kappa shape index (κ2) is 7.96. The molecule has 2 aromatic carbocycles. The van der Waals surface area contributed by atoms with E-state index in [0.29, 0.717) is 6.42 Å². The highest BCUT2D eigenvalue weighted by Gasteiger charge is 2.22. The predicted octanol–water partition coefficient (Wildman–Crippen LogP) is 5.75. The van der Waals surface area contributed by atoms with E-state index in [-0.39, 0.29) is 5.78 Å². The minimum Gasteiger partial charge on any atom is -0.299 e. The van der Waals surface area contributed by atoms with Crippen LogP contribution < -0.4 is 0 Å². The number of hydrogen-bond acceptors (Lipinski definition) is 2. The number of allylic oxidation sites excluding steroid dienone is 5. The molecule has 2 aromatic rings. The van der Waals surface area contributed by atoms with Gasteiger partial charge in [-0.2, -0.15) is 0 Å². The lowest BCUT2D eigenvalue weighted by atomic mass is 9.93. The molecule has 146 valence electrons. The molecule has 3 aliphatic rings. The Bertz CT molecular complexity index is 1030. The Balaban J connectivity index is 1.28. The third-order valence-electron chi connectivity index (χ3n) is 6.35. The summed E-state index contributed by atoms with van der Waals surface area (Å²) in [4.78, 5) is 15.5. The van der Waals surface area contributed by atoms with E-state index in [1.807, 2.05) is 12.1 Å². The lowest BCUT2D eigenvalue weighted by Crippen LogP contribution is -2.18. The summed E-state index contributed by atoms with van der Waals surface area (Å²) in [5, 5.41) is 0. The molecule has 2 aliphatic carbocycles. The number of carbonyl (C=O) groups excluding carboxylic acids is 1. The van der Waals surface area contributed by atoms with Crippen molar-refractivity contribution >= 4 is 11.9 Å². The maximum absolute atomic E-state index is 13.1. The average Bonchev–Trinajstić information content (AvgIpc) is 3.48. The molecule has 0 N–H and O–H groups in total. The van der Waals surface area contributed by atoms with E-state index in [1.54, 1.807) is 0 Å². The van der Waals surface area contributed by atoms with Gasteiger partial charge in [0.15, 0.2) is 5.78 Å². The highest BCUT2D eigenvalue weighted by molar-refractivity contribution is 5.98. The first kappa shape index (κ1) is 18.3. The molecule has 1 fully saturated rings. The van der Waals surface area contributed by atoms with Crippen molar-refractivity contribution in [2.45, 2.75) is 38.6 Å². The Morgan fingerprint density at radius 3 is 2.69 bits per heavy atom.